The summed E-state index contributed by atoms with van der Waals surface area (Å²) in [5, 5.41) is 0. The first-order valence-electron chi connectivity index (χ1n) is 5.27. The van der Waals surface area contributed by atoms with E-state index in [-0.39, 0.29) is 4.75 Å². The van der Waals surface area contributed by atoms with E-state index in [4.69, 9.17) is 0 Å². The van der Waals surface area contributed by atoms with E-state index in [1.54, 1.807) is 11.8 Å². The van der Waals surface area contributed by atoms with Gasteiger partial charge in [0, 0.05) is 14.7 Å². The molecule has 1 aromatic carbocycles. The van der Waals surface area contributed by atoms with Gasteiger partial charge < -0.3 is 0 Å². The number of carbonyl (C=O) groups excluding carboxylic acids is 1. The van der Waals surface area contributed by atoms with Crippen molar-refractivity contribution in [2.45, 2.75) is 31.9 Å². The van der Waals surface area contributed by atoms with Crippen LogP contribution in [-0.4, -0.2) is 16.3 Å². The maximum Gasteiger partial charge on any atom is 0.147 e. The van der Waals surface area contributed by atoms with Crippen molar-refractivity contribution in [1.29, 1.82) is 0 Å². The van der Waals surface area contributed by atoms with Crippen LogP contribution in [0.5, 0.6) is 0 Å². The summed E-state index contributed by atoms with van der Waals surface area (Å²) in [5.41, 5.74) is 1.11. The molecule has 88 valence electrons. The van der Waals surface area contributed by atoms with Gasteiger partial charge in [-0.3, -0.25) is 4.79 Å². The van der Waals surface area contributed by atoms with E-state index in [0.717, 1.165) is 5.56 Å². The van der Waals surface area contributed by atoms with E-state index in [0.29, 0.717) is 18.0 Å². The largest absolute Gasteiger partial charge is 0.298 e. The Hall–Kier alpha value is -0.0300. The van der Waals surface area contributed by atoms with E-state index < -0.39 is 0 Å². The lowest BCUT2D eigenvalue weighted by Crippen LogP contribution is -2.14. The van der Waals surface area contributed by atoms with Crippen LogP contribution in [0.2, 0.25) is 0 Å². The van der Waals surface area contributed by atoms with Gasteiger partial charge in [0.25, 0.3) is 0 Å². The highest BCUT2D eigenvalue weighted by molar-refractivity contribution is 14.1. The van der Waals surface area contributed by atoms with Gasteiger partial charge in [-0.05, 0) is 40.3 Å². The molecule has 0 fully saturated rings. The second kappa shape index (κ2) is 6.05. The number of Topliss-reactive ketones (excluding diaryl/α,β-unsaturated/α-hetero) is 1. The standard InChI is InChI=1S/C13H17IOS/c1-13(2,3)16-9-12(15)8-10-4-6-11(14)7-5-10/h4-7H,8-9H2,1-3H3. The summed E-state index contributed by atoms with van der Waals surface area (Å²) in [6, 6.07) is 8.14. The van der Waals surface area contributed by atoms with Gasteiger partial charge >= 0.3 is 0 Å². The van der Waals surface area contributed by atoms with Crippen molar-refractivity contribution in [3.05, 3.63) is 33.4 Å². The van der Waals surface area contributed by atoms with Crippen molar-refractivity contribution >= 4 is 40.1 Å². The summed E-state index contributed by atoms with van der Waals surface area (Å²) in [4.78, 5) is 11.7. The minimum atomic E-state index is 0.168. The SMILES string of the molecule is CC(C)(C)SCC(=O)Cc1ccc(I)cc1. The predicted octanol–water partition coefficient (Wildman–Crippen LogP) is 3.93. The number of carbonyl (C=O) groups is 1. The summed E-state index contributed by atoms with van der Waals surface area (Å²) in [6.45, 7) is 6.40. The molecule has 0 aliphatic heterocycles. The molecule has 0 radical (unpaired) electrons. The van der Waals surface area contributed by atoms with Crippen LogP contribution >= 0.6 is 34.4 Å². The van der Waals surface area contributed by atoms with Gasteiger partial charge in [0.2, 0.25) is 0 Å². The molecule has 1 nitrogen and oxygen atoms in total. The molecule has 0 amide bonds. The molecule has 0 aliphatic rings. The second-order valence-corrected chi connectivity index (χ2v) is 7.79. The number of thioether (sulfide) groups is 1. The van der Waals surface area contributed by atoms with E-state index >= 15 is 0 Å². The van der Waals surface area contributed by atoms with Crippen LogP contribution < -0.4 is 0 Å². The van der Waals surface area contributed by atoms with E-state index in [2.05, 4.69) is 43.4 Å². The summed E-state index contributed by atoms with van der Waals surface area (Å²) >= 11 is 3.98. The van der Waals surface area contributed by atoms with Crippen molar-refractivity contribution in [2.75, 3.05) is 5.75 Å². The number of hydrogen-bond donors (Lipinski definition) is 0. The number of benzene rings is 1. The van der Waals surface area contributed by atoms with Crippen molar-refractivity contribution in [3.63, 3.8) is 0 Å². The van der Waals surface area contributed by atoms with E-state index in [1.165, 1.54) is 3.57 Å². The topological polar surface area (TPSA) is 17.1 Å². The van der Waals surface area contributed by atoms with Gasteiger partial charge in [0.05, 0.1) is 5.75 Å². The third-order valence-electron chi connectivity index (χ3n) is 1.98. The smallest absolute Gasteiger partial charge is 0.147 e. The Morgan fingerprint density at radius 1 is 1.25 bits per heavy atom. The average Bonchev–Trinajstić information content (AvgIpc) is 2.18. The normalized spacial score (nSPS) is 11.5. The summed E-state index contributed by atoms with van der Waals surface area (Å²) < 4.78 is 1.37. The number of rotatable bonds is 4. The quantitative estimate of drug-likeness (QED) is 0.767. The summed E-state index contributed by atoms with van der Waals surface area (Å²) in [7, 11) is 0. The van der Waals surface area contributed by atoms with Gasteiger partial charge in [-0.25, -0.2) is 0 Å². The Labute approximate surface area is 116 Å². The maximum atomic E-state index is 11.7. The Balaban J connectivity index is 2.43. The van der Waals surface area contributed by atoms with Crippen LogP contribution in [0, 0.1) is 3.57 Å². The zero-order valence-electron chi connectivity index (χ0n) is 9.92. The third kappa shape index (κ3) is 5.89. The lowest BCUT2D eigenvalue weighted by molar-refractivity contribution is -0.116. The van der Waals surface area contributed by atoms with Crippen LogP contribution in [0.3, 0.4) is 0 Å². The van der Waals surface area contributed by atoms with E-state index in [9.17, 15) is 4.79 Å². The highest BCUT2D eigenvalue weighted by Crippen LogP contribution is 2.23. The molecule has 0 N–H and O–H groups in total. The number of ketones is 1. The van der Waals surface area contributed by atoms with Crippen molar-refractivity contribution in [3.8, 4) is 0 Å². The van der Waals surface area contributed by atoms with Gasteiger partial charge in [0.15, 0.2) is 0 Å². The van der Waals surface area contributed by atoms with Crippen LogP contribution in [0.25, 0.3) is 0 Å². The molecule has 0 spiro atoms. The molecule has 16 heavy (non-hydrogen) atoms. The number of hydrogen-bond acceptors (Lipinski definition) is 2. The first kappa shape index (κ1) is 14.0. The van der Waals surface area contributed by atoms with Crippen LogP contribution in [-0.2, 0) is 11.2 Å². The molecule has 0 bridgehead atoms. The molecule has 1 rings (SSSR count). The zero-order chi connectivity index (χ0) is 12.2. The van der Waals surface area contributed by atoms with Gasteiger partial charge in [0.1, 0.15) is 5.78 Å². The minimum absolute atomic E-state index is 0.168. The van der Waals surface area contributed by atoms with E-state index in [1.807, 2.05) is 24.3 Å². The molecule has 0 aromatic heterocycles. The Bertz CT molecular complexity index is 351. The molecule has 0 saturated heterocycles. The molecule has 0 heterocycles. The summed E-state index contributed by atoms with van der Waals surface area (Å²) in [6.07, 6.45) is 0.556. The molecule has 0 aliphatic carbocycles. The molecule has 1 aromatic rings. The van der Waals surface area contributed by atoms with Gasteiger partial charge in [-0.1, -0.05) is 32.9 Å². The fourth-order valence-electron chi connectivity index (χ4n) is 1.18. The fourth-order valence-corrected chi connectivity index (χ4v) is 2.23. The zero-order valence-corrected chi connectivity index (χ0v) is 12.9. The van der Waals surface area contributed by atoms with Crippen molar-refractivity contribution in [2.24, 2.45) is 0 Å². The number of halogens is 1. The van der Waals surface area contributed by atoms with Gasteiger partial charge in [-0.2, -0.15) is 0 Å². The molecular formula is C13H17IOS. The monoisotopic (exact) mass is 348 g/mol. The lowest BCUT2D eigenvalue weighted by atomic mass is 10.1. The Morgan fingerprint density at radius 3 is 2.31 bits per heavy atom. The maximum absolute atomic E-state index is 11.7. The Kier molecular flexibility index (Phi) is 5.31. The third-order valence-corrected chi connectivity index (χ3v) is 4.03. The van der Waals surface area contributed by atoms with Crippen LogP contribution in [0.4, 0.5) is 0 Å². The molecule has 0 unspecified atom stereocenters. The Morgan fingerprint density at radius 2 is 1.81 bits per heavy atom. The first-order valence-corrected chi connectivity index (χ1v) is 7.33. The van der Waals surface area contributed by atoms with Crippen molar-refractivity contribution < 1.29 is 4.79 Å². The highest BCUT2D eigenvalue weighted by atomic mass is 127. The summed E-state index contributed by atoms with van der Waals surface area (Å²) in [5.74, 6) is 0.913. The molecule has 0 atom stereocenters. The lowest BCUT2D eigenvalue weighted by Gasteiger charge is -2.16. The predicted molar refractivity (Wildman–Crippen MR) is 80.1 cm³/mol. The molecule has 3 heteroatoms. The van der Waals surface area contributed by atoms with Gasteiger partial charge in [-0.15, -0.1) is 11.8 Å². The minimum Gasteiger partial charge on any atom is -0.298 e. The molecular weight excluding hydrogens is 331 g/mol. The average molecular weight is 348 g/mol. The highest BCUT2D eigenvalue weighted by Gasteiger charge is 2.13. The van der Waals surface area contributed by atoms with Crippen molar-refractivity contribution in [1.82, 2.24) is 0 Å². The second-order valence-electron chi connectivity index (χ2n) is 4.74. The fraction of sp³-hybridized carbons (Fsp3) is 0.462. The molecule has 0 saturated carbocycles. The van der Waals surface area contributed by atoms with Crippen LogP contribution in [0.1, 0.15) is 26.3 Å². The van der Waals surface area contributed by atoms with Crippen LogP contribution in [0.15, 0.2) is 24.3 Å². The first-order chi connectivity index (χ1) is 7.37.